The van der Waals surface area contributed by atoms with Crippen LogP contribution in [0.1, 0.15) is 30.7 Å². The molecule has 1 aromatic rings. The van der Waals surface area contributed by atoms with E-state index < -0.39 is 15.9 Å². The monoisotopic (exact) mass is 300 g/mol. The number of fused-ring (bicyclic) bond motifs is 2. The molecule has 110 valence electrons. The predicted molar refractivity (Wildman–Crippen MR) is 67.3 cm³/mol. The molecule has 0 aromatic carbocycles. The van der Waals surface area contributed by atoms with Gasteiger partial charge in [-0.3, -0.25) is 4.79 Å². The predicted octanol–water partition coefficient (Wildman–Crippen LogP) is 0.664. The minimum Gasteiger partial charge on any atom is -0.374 e. The zero-order chi connectivity index (χ0) is 14.5. The molecular weight excluding hydrogens is 284 g/mol. The fourth-order valence-electron chi connectivity index (χ4n) is 3.03. The van der Waals surface area contributed by atoms with Crippen LogP contribution in [0, 0.1) is 19.8 Å². The second-order valence-corrected chi connectivity index (χ2v) is 6.96. The molecule has 2 saturated heterocycles. The molecule has 8 heteroatoms. The lowest BCUT2D eigenvalue weighted by Gasteiger charge is -2.17. The largest absolute Gasteiger partial charge is 0.374 e. The van der Waals surface area contributed by atoms with Gasteiger partial charge in [-0.2, -0.15) is 0 Å². The van der Waals surface area contributed by atoms with Crippen molar-refractivity contribution in [2.24, 2.45) is 5.92 Å². The summed E-state index contributed by atoms with van der Waals surface area (Å²) in [5, 5.41) is 3.60. The Morgan fingerprint density at radius 1 is 1.35 bits per heavy atom. The molecule has 3 rings (SSSR count). The van der Waals surface area contributed by atoms with Crippen LogP contribution in [-0.2, 0) is 19.6 Å². The maximum Gasteiger partial charge on any atom is 0.269 e. The number of aryl methyl sites for hydroxylation is 2. The molecule has 3 heterocycles. The van der Waals surface area contributed by atoms with Crippen molar-refractivity contribution in [3.63, 3.8) is 0 Å². The fourth-order valence-corrected chi connectivity index (χ4v) is 4.39. The van der Waals surface area contributed by atoms with E-state index in [0.717, 1.165) is 12.8 Å². The molecule has 0 radical (unpaired) electrons. The maximum absolute atomic E-state index is 12.2. The van der Waals surface area contributed by atoms with E-state index >= 15 is 0 Å². The first-order valence-electron chi connectivity index (χ1n) is 6.53. The Morgan fingerprint density at radius 3 is 2.60 bits per heavy atom. The average molecular weight is 300 g/mol. The van der Waals surface area contributed by atoms with Crippen molar-refractivity contribution in [3.05, 3.63) is 11.5 Å². The number of rotatable bonds is 3. The third-order valence-electron chi connectivity index (χ3n) is 3.91. The van der Waals surface area contributed by atoms with Gasteiger partial charge in [-0.05, 0) is 33.1 Å². The van der Waals surface area contributed by atoms with Crippen molar-refractivity contribution in [1.29, 1.82) is 0 Å². The molecule has 0 saturated carbocycles. The van der Waals surface area contributed by atoms with E-state index in [0.29, 0.717) is 6.42 Å². The molecule has 0 aliphatic carbocycles. The summed E-state index contributed by atoms with van der Waals surface area (Å²) < 4.78 is 37.0. The number of sulfonamides is 1. The molecule has 2 bridgehead atoms. The summed E-state index contributed by atoms with van der Waals surface area (Å²) in [5.41, 5.74) is 0.243. The van der Waals surface area contributed by atoms with Gasteiger partial charge in [0.2, 0.25) is 5.91 Å². The SMILES string of the molecule is Cc1noc(C)c1S(=O)(=O)NC(=O)[C@@H]1C[C@H]2CC[C@H]1O2. The molecule has 1 amide bonds. The van der Waals surface area contributed by atoms with Crippen LogP contribution < -0.4 is 4.72 Å². The van der Waals surface area contributed by atoms with Gasteiger partial charge in [0.1, 0.15) is 5.69 Å². The molecule has 7 nitrogen and oxygen atoms in total. The number of carbonyl (C=O) groups excluding carboxylic acids is 1. The highest BCUT2D eigenvalue weighted by Gasteiger charge is 2.45. The van der Waals surface area contributed by atoms with E-state index in [1.54, 1.807) is 0 Å². The van der Waals surface area contributed by atoms with Gasteiger partial charge in [0.05, 0.1) is 18.1 Å². The number of amides is 1. The summed E-state index contributed by atoms with van der Waals surface area (Å²) in [4.78, 5) is 12.1. The Balaban J connectivity index is 1.79. The van der Waals surface area contributed by atoms with E-state index in [-0.39, 0.29) is 34.5 Å². The quantitative estimate of drug-likeness (QED) is 0.880. The molecule has 2 fully saturated rings. The summed E-state index contributed by atoms with van der Waals surface area (Å²) in [5.74, 6) is -0.715. The lowest BCUT2D eigenvalue weighted by atomic mass is 9.89. The lowest BCUT2D eigenvalue weighted by molar-refractivity contribution is -0.124. The highest BCUT2D eigenvalue weighted by atomic mass is 32.2. The molecular formula is C12H16N2O5S. The molecule has 1 N–H and O–H groups in total. The Morgan fingerprint density at radius 2 is 2.10 bits per heavy atom. The highest BCUT2D eigenvalue weighted by molar-refractivity contribution is 7.90. The first-order valence-corrected chi connectivity index (χ1v) is 8.02. The molecule has 0 unspecified atom stereocenters. The van der Waals surface area contributed by atoms with Gasteiger partial charge >= 0.3 is 0 Å². The third kappa shape index (κ3) is 2.12. The van der Waals surface area contributed by atoms with E-state index in [1.807, 2.05) is 0 Å². The minimum absolute atomic E-state index is 0.0603. The summed E-state index contributed by atoms with van der Waals surface area (Å²) in [6.07, 6.45) is 2.30. The summed E-state index contributed by atoms with van der Waals surface area (Å²) in [7, 11) is -3.94. The van der Waals surface area contributed by atoms with Crippen LogP contribution in [0.25, 0.3) is 0 Å². The summed E-state index contributed by atoms with van der Waals surface area (Å²) >= 11 is 0. The molecule has 3 atom stereocenters. The average Bonchev–Trinajstić information content (AvgIpc) is 3.04. The summed E-state index contributed by atoms with van der Waals surface area (Å²) in [6, 6.07) is 0. The number of hydrogen-bond donors (Lipinski definition) is 1. The fraction of sp³-hybridized carbons (Fsp3) is 0.667. The molecule has 2 aliphatic heterocycles. The van der Waals surface area contributed by atoms with Crippen LogP contribution in [0.3, 0.4) is 0 Å². The lowest BCUT2D eigenvalue weighted by Crippen LogP contribution is -2.39. The van der Waals surface area contributed by atoms with Crippen molar-refractivity contribution in [2.75, 3.05) is 0 Å². The van der Waals surface area contributed by atoms with Crippen LogP contribution in [0.15, 0.2) is 9.42 Å². The van der Waals surface area contributed by atoms with Gasteiger partial charge in [0, 0.05) is 0 Å². The summed E-state index contributed by atoms with van der Waals surface area (Å²) in [6.45, 7) is 3.02. The molecule has 1 aromatic heterocycles. The Bertz CT molecular complexity index is 631. The molecule has 20 heavy (non-hydrogen) atoms. The van der Waals surface area contributed by atoms with Crippen molar-refractivity contribution >= 4 is 15.9 Å². The number of nitrogens with zero attached hydrogens (tertiary/aromatic N) is 1. The smallest absolute Gasteiger partial charge is 0.269 e. The van der Waals surface area contributed by atoms with Gasteiger partial charge in [-0.15, -0.1) is 0 Å². The van der Waals surface area contributed by atoms with Gasteiger partial charge in [-0.1, -0.05) is 5.16 Å². The first kappa shape index (κ1) is 13.6. The Labute approximate surface area is 116 Å². The van der Waals surface area contributed by atoms with Gasteiger partial charge < -0.3 is 9.26 Å². The maximum atomic E-state index is 12.2. The second-order valence-electron chi connectivity index (χ2n) is 5.34. The van der Waals surface area contributed by atoms with Crippen LogP contribution in [0.4, 0.5) is 0 Å². The zero-order valence-corrected chi connectivity index (χ0v) is 12.1. The van der Waals surface area contributed by atoms with E-state index in [2.05, 4.69) is 9.88 Å². The zero-order valence-electron chi connectivity index (χ0n) is 11.3. The second kappa shape index (κ2) is 4.56. The van der Waals surface area contributed by atoms with Crippen LogP contribution in [0.2, 0.25) is 0 Å². The van der Waals surface area contributed by atoms with Crippen molar-refractivity contribution in [1.82, 2.24) is 9.88 Å². The standard InChI is InChI=1S/C12H16N2O5S/c1-6-11(7(2)19-13-6)20(16,17)14-12(15)9-5-8-3-4-10(9)18-8/h8-10H,3-5H2,1-2H3,(H,14,15)/t8-,9-,10-/m1/s1. The molecule has 2 aliphatic rings. The van der Waals surface area contributed by atoms with Crippen LogP contribution in [0.5, 0.6) is 0 Å². The van der Waals surface area contributed by atoms with Gasteiger partial charge in [-0.25, -0.2) is 13.1 Å². The third-order valence-corrected chi connectivity index (χ3v) is 5.50. The van der Waals surface area contributed by atoms with Crippen molar-refractivity contribution in [3.8, 4) is 0 Å². The highest BCUT2D eigenvalue weighted by Crippen LogP contribution is 2.39. The Kier molecular flexibility index (Phi) is 3.09. The number of hydrogen-bond acceptors (Lipinski definition) is 6. The topological polar surface area (TPSA) is 98.5 Å². The van der Waals surface area contributed by atoms with Crippen LogP contribution >= 0.6 is 0 Å². The first-order chi connectivity index (χ1) is 9.38. The van der Waals surface area contributed by atoms with E-state index in [1.165, 1.54) is 13.8 Å². The van der Waals surface area contributed by atoms with Crippen molar-refractivity contribution in [2.45, 2.75) is 50.2 Å². The minimum atomic E-state index is -3.94. The molecule has 0 spiro atoms. The number of carbonyl (C=O) groups is 1. The number of ether oxygens (including phenoxy) is 1. The van der Waals surface area contributed by atoms with Gasteiger partial charge in [0.25, 0.3) is 10.0 Å². The van der Waals surface area contributed by atoms with Crippen molar-refractivity contribution < 1.29 is 22.5 Å². The number of nitrogens with one attached hydrogen (secondary N) is 1. The normalized spacial score (nSPS) is 28.8. The van der Waals surface area contributed by atoms with E-state index in [9.17, 15) is 13.2 Å². The van der Waals surface area contributed by atoms with Crippen LogP contribution in [-0.4, -0.2) is 31.7 Å². The van der Waals surface area contributed by atoms with Gasteiger partial charge in [0.15, 0.2) is 10.7 Å². The Hall–Kier alpha value is -1.41. The number of aromatic nitrogens is 1. The van der Waals surface area contributed by atoms with E-state index in [4.69, 9.17) is 9.26 Å².